The molecule has 0 aromatic carbocycles. The van der Waals surface area contributed by atoms with Gasteiger partial charge in [-0.05, 0) is 78.7 Å². The molecule has 0 N–H and O–H groups in total. The van der Waals surface area contributed by atoms with Crippen LogP contribution < -0.4 is 9.64 Å². The van der Waals surface area contributed by atoms with Crippen molar-refractivity contribution in [2.75, 3.05) is 65.4 Å². The molecule has 0 bridgehead atoms. The number of aliphatic imine (C=N–C) groups is 1. The van der Waals surface area contributed by atoms with Crippen molar-refractivity contribution >= 4 is 34.6 Å². The first-order valence-corrected chi connectivity index (χ1v) is 18.6. The number of aryl methyl sites for hydroxylation is 1. The first-order chi connectivity index (χ1) is 24.3. The molecule has 4 aliphatic rings. The second kappa shape index (κ2) is 13.4. The molecule has 51 heavy (non-hydrogen) atoms. The van der Waals surface area contributed by atoms with Crippen LogP contribution in [0.5, 0.6) is 6.01 Å². The largest absolute Gasteiger partial charge is 0.462 e. The predicted octanol–water partition coefficient (Wildman–Crippen LogP) is 5.24. The summed E-state index contributed by atoms with van der Waals surface area (Å²) >= 11 is 1.56. The highest BCUT2D eigenvalue weighted by Crippen LogP contribution is 2.54. The van der Waals surface area contributed by atoms with Gasteiger partial charge in [0.2, 0.25) is 11.7 Å². The van der Waals surface area contributed by atoms with E-state index in [1.54, 1.807) is 22.6 Å². The summed E-state index contributed by atoms with van der Waals surface area (Å²) in [6.45, 7) is 11.4. The van der Waals surface area contributed by atoms with Crippen LogP contribution in [0.25, 0.3) is 11.5 Å². The molecule has 5 heterocycles. The molecule has 15 heteroatoms. The van der Waals surface area contributed by atoms with E-state index in [1.165, 1.54) is 12.8 Å². The van der Waals surface area contributed by atoms with Crippen molar-refractivity contribution in [1.29, 1.82) is 5.26 Å². The number of rotatable bonds is 8. The number of ether oxygens (including phenoxy) is 2. The van der Waals surface area contributed by atoms with Crippen LogP contribution in [-0.2, 0) is 16.6 Å². The van der Waals surface area contributed by atoms with Crippen LogP contribution in [0.4, 0.5) is 15.6 Å². The molecular formula is C36H48N10O4S. The fraction of sp³-hybridized carbons (Fsp3) is 0.639. The third kappa shape index (κ3) is 7.26. The van der Waals surface area contributed by atoms with Crippen LogP contribution in [0, 0.1) is 16.7 Å². The molecule has 1 amide bonds. The van der Waals surface area contributed by atoms with Gasteiger partial charge in [0, 0.05) is 69.4 Å². The fourth-order valence-electron chi connectivity index (χ4n) is 7.55. The van der Waals surface area contributed by atoms with E-state index in [2.05, 4.69) is 40.0 Å². The molecule has 2 saturated heterocycles. The number of carbonyl (C=O) groups is 1. The Labute approximate surface area is 303 Å². The maximum atomic E-state index is 12.8. The molecule has 2 atom stereocenters. The molecule has 3 fully saturated rings. The average Bonchev–Trinajstić information content (AvgIpc) is 3.39. The van der Waals surface area contributed by atoms with Gasteiger partial charge in [0.25, 0.3) is 0 Å². The van der Waals surface area contributed by atoms with Gasteiger partial charge in [-0.15, -0.1) is 11.3 Å². The minimum atomic E-state index is -0.661. The lowest BCUT2D eigenvalue weighted by molar-refractivity contribution is 0.0240. The molecule has 1 spiro atoms. The fourth-order valence-corrected chi connectivity index (χ4v) is 8.81. The first kappa shape index (κ1) is 35.1. The summed E-state index contributed by atoms with van der Waals surface area (Å²) in [5.41, 5.74) is 1.20. The Morgan fingerprint density at radius 3 is 2.63 bits per heavy atom. The number of hydrogen-bond acceptors (Lipinski definition) is 13. The Morgan fingerprint density at radius 2 is 1.96 bits per heavy atom. The number of nitrogens with zero attached hydrogens (tertiary/aromatic N) is 10. The molecule has 14 nitrogen and oxygen atoms in total. The summed E-state index contributed by atoms with van der Waals surface area (Å²) in [7, 11) is 5.97. The summed E-state index contributed by atoms with van der Waals surface area (Å²) in [5, 5.41) is 15.4. The monoisotopic (exact) mass is 716 g/mol. The number of carbonyl (C=O) groups excluding carboxylic acids is 1. The Kier molecular flexibility index (Phi) is 9.20. The molecule has 2 aliphatic heterocycles. The summed E-state index contributed by atoms with van der Waals surface area (Å²) in [6.07, 6.45) is 7.64. The number of likely N-dealkylation sites (tertiary alicyclic amines) is 1. The van der Waals surface area contributed by atoms with Gasteiger partial charge in [-0.25, -0.2) is 9.79 Å². The van der Waals surface area contributed by atoms with Crippen molar-refractivity contribution in [1.82, 2.24) is 34.8 Å². The summed E-state index contributed by atoms with van der Waals surface area (Å²) in [6, 6.07) is 4.84. The van der Waals surface area contributed by atoms with Crippen molar-refractivity contribution in [3.05, 3.63) is 28.0 Å². The van der Waals surface area contributed by atoms with Gasteiger partial charge in [-0.3, -0.25) is 4.90 Å². The van der Waals surface area contributed by atoms with E-state index in [4.69, 9.17) is 28.9 Å². The van der Waals surface area contributed by atoms with Gasteiger partial charge in [0.15, 0.2) is 0 Å². The highest BCUT2D eigenvalue weighted by atomic mass is 32.1. The van der Waals surface area contributed by atoms with Crippen molar-refractivity contribution in [2.45, 2.75) is 83.3 Å². The van der Waals surface area contributed by atoms with Crippen molar-refractivity contribution in [3.8, 4) is 23.6 Å². The van der Waals surface area contributed by atoms with E-state index < -0.39 is 11.0 Å². The standard InChI is InChI=1S/C36H48N10O4S/c1-34(2,3)49-33(47)46-15-13-45(14-16-46)27-17-25(39-32(40-27)48-20-23-18-36(11-12-36)21-44(23)7)29-41-31(50-42-29)35(4)10-8-9-26-28(35)24(19-37)30(51-26)38-22-43(5)6/h17,22-23H,8-16,18,20-21H2,1-7H3/b38-22+/t23-,35-/m0/s1. The SMILES string of the molecule is CN(C)/C=N/c1sc2c(c1C#N)[C@@](C)(c1nc(-c3cc(N4CCN(C(=O)OC(C)(C)C)CC4)nc(OC[C@@H]4CC5(CC5)CN4C)n3)no1)CCC2. The smallest absolute Gasteiger partial charge is 0.410 e. The number of thiophene rings is 1. The number of likely N-dealkylation sites (N-methyl/N-ethyl adjacent to an activating group) is 1. The minimum absolute atomic E-state index is 0.257. The molecule has 272 valence electrons. The van der Waals surface area contributed by atoms with Crippen LogP contribution >= 0.6 is 11.3 Å². The summed E-state index contributed by atoms with van der Waals surface area (Å²) < 4.78 is 18.0. The number of nitriles is 1. The maximum absolute atomic E-state index is 12.8. The molecule has 0 radical (unpaired) electrons. The lowest BCUT2D eigenvalue weighted by Crippen LogP contribution is -2.50. The van der Waals surface area contributed by atoms with Crippen molar-refractivity contribution in [2.24, 2.45) is 10.4 Å². The Morgan fingerprint density at radius 1 is 1.20 bits per heavy atom. The Balaban J connectivity index is 1.17. The zero-order chi connectivity index (χ0) is 36.1. The molecule has 0 unspecified atom stereocenters. The number of fused-ring (bicyclic) bond motifs is 1. The molecule has 7 rings (SSSR count). The Bertz CT molecular complexity index is 1850. The lowest BCUT2D eigenvalue weighted by atomic mass is 9.72. The number of piperazine rings is 1. The normalized spacial score (nSPS) is 23.1. The Hall–Kier alpha value is -4.29. The van der Waals surface area contributed by atoms with Crippen LogP contribution in [0.2, 0.25) is 0 Å². The minimum Gasteiger partial charge on any atom is -0.462 e. The van der Waals surface area contributed by atoms with Crippen molar-refractivity contribution in [3.63, 3.8) is 0 Å². The van der Waals surface area contributed by atoms with E-state index in [1.807, 2.05) is 45.8 Å². The lowest BCUT2D eigenvalue weighted by Gasteiger charge is -2.36. The zero-order valence-electron chi connectivity index (χ0n) is 30.7. The van der Waals surface area contributed by atoms with Gasteiger partial charge in [0.05, 0.1) is 17.3 Å². The second-order valence-electron chi connectivity index (χ2n) is 15.9. The van der Waals surface area contributed by atoms with E-state index in [9.17, 15) is 10.1 Å². The number of aromatic nitrogens is 4. The van der Waals surface area contributed by atoms with E-state index in [0.717, 1.165) is 42.7 Å². The quantitative estimate of drug-likeness (QED) is 0.222. The average molecular weight is 717 g/mol. The number of hydrogen-bond donors (Lipinski definition) is 0. The topological polar surface area (TPSA) is 149 Å². The zero-order valence-corrected chi connectivity index (χ0v) is 31.5. The molecule has 3 aromatic heterocycles. The molecule has 3 aromatic rings. The van der Waals surface area contributed by atoms with E-state index in [0.29, 0.717) is 78.0 Å². The van der Waals surface area contributed by atoms with Crippen LogP contribution in [0.15, 0.2) is 15.6 Å². The number of anilines is 1. The summed E-state index contributed by atoms with van der Waals surface area (Å²) in [5.74, 6) is 1.43. The third-order valence-electron chi connectivity index (χ3n) is 10.4. The highest BCUT2D eigenvalue weighted by molar-refractivity contribution is 7.16. The van der Waals surface area contributed by atoms with Gasteiger partial charge in [-0.1, -0.05) is 5.16 Å². The van der Waals surface area contributed by atoms with Gasteiger partial charge in [0.1, 0.15) is 34.8 Å². The molecular weight excluding hydrogens is 669 g/mol. The van der Waals surface area contributed by atoms with Crippen LogP contribution in [-0.4, -0.2) is 119 Å². The molecule has 2 aliphatic carbocycles. The van der Waals surface area contributed by atoms with E-state index >= 15 is 0 Å². The predicted molar refractivity (Wildman–Crippen MR) is 194 cm³/mol. The first-order valence-electron chi connectivity index (χ1n) is 17.8. The van der Waals surface area contributed by atoms with Gasteiger partial charge >= 0.3 is 12.1 Å². The third-order valence-corrected chi connectivity index (χ3v) is 11.6. The van der Waals surface area contributed by atoms with Crippen LogP contribution in [0.1, 0.15) is 81.7 Å². The maximum Gasteiger partial charge on any atom is 0.410 e. The van der Waals surface area contributed by atoms with E-state index in [-0.39, 0.29) is 12.1 Å². The summed E-state index contributed by atoms with van der Waals surface area (Å²) in [4.78, 5) is 41.2. The van der Waals surface area contributed by atoms with Gasteiger partial charge in [-0.2, -0.15) is 20.2 Å². The number of amides is 1. The second-order valence-corrected chi connectivity index (χ2v) is 17.0. The molecule has 1 saturated carbocycles. The van der Waals surface area contributed by atoms with Crippen LogP contribution in [0.3, 0.4) is 0 Å². The van der Waals surface area contributed by atoms with Crippen molar-refractivity contribution < 1.29 is 18.8 Å². The van der Waals surface area contributed by atoms with Gasteiger partial charge < -0.3 is 28.7 Å². The highest BCUT2D eigenvalue weighted by Gasteiger charge is 2.51.